The highest BCUT2D eigenvalue weighted by molar-refractivity contribution is 5.92. The van der Waals surface area contributed by atoms with Crippen molar-refractivity contribution in [2.45, 2.75) is 19.8 Å². The number of hydrogen-bond donors (Lipinski definition) is 2. The lowest BCUT2D eigenvalue weighted by Gasteiger charge is -2.13. The van der Waals surface area contributed by atoms with E-state index in [1.54, 1.807) is 0 Å². The van der Waals surface area contributed by atoms with Crippen LogP contribution in [0.25, 0.3) is 0 Å². The third-order valence-corrected chi connectivity index (χ3v) is 3.55. The van der Waals surface area contributed by atoms with E-state index in [1.165, 1.54) is 5.56 Å². The number of carbonyl (C=O) groups excluding carboxylic acids is 1. The highest BCUT2D eigenvalue weighted by atomic mass is 16.5. The standard InChI is InChI=1S/C19H24N2O2/c1-3-23-18-11-9-17(10-12-18)21-19(22)14-20-13-15(2)16-7-5-4-6-8-16/h4-12,15,20H,3,13-14H2,1-2H3,(H,21,22). The molecule has 4 nitrogen and oxygen atoms in total. The molecule has 1 unspecified atom stereocenters. The lowest BCUT2D eigenvalue weighted by atomic mass is 10.0. The smallest absolute Gasteiger partial charge is 0.238 e. The second-order valence-electron chi connectivity index (χ2n) is 5.45. The normalized spacial score (nSPS) is 11.7. The van der Waals surface area contributed by atoms with Gasteiger partial charge in [-0.15, -0.1) is 0 Å². The van der Waals surface area contributed by atoms with Crippen LogP contribution < -0.4 is 15.4 Å². The van der Waals surface area contributed by atoms with E-state index in [4.69, 9.17) is 4.74 Å². The van der Waals surface area contributed by atoms with Crippen molar-refractivity contribution >= 4 is 11.6 Å². The Kier molecular flexibility index (Phi) is 6.63. The van der Waals surface area contributed by atoms with Crippen molar-refractivity contribution < 1.29 is 9.53 Å². The summed E-state index contributed by atoms with van der Waals surface area (Å²) in [4.78, 5) is 11.9. The van der Waals surface area contributed by atoms with E-state index in [9.17, 15) is 4.79 Å². The minimum absolute atomic E-state index is 0.0468. The number of amides is 1. The highest BCUT2D eigenvalue weighted by Gasteiger charge is 2.06. The zero-order valence-corrected chi connectivity index (χ0v) is 13.7. The van der Waals surface area contributed by atoms with E-state index in [-0.39, 0.29) is 5.91 Å². The zero-order valence-electron chi connectivity index (χ0n) is 13.7. The first-order valence-electron chi connectivity index (χ1n) is 7.97. The van der Waals surface area contributed by atoms with Crippen molar-refractivity contribution in [3.05, 3.63) is 60.2 Å². The fourth-order valence-electron chi connectivity index (χ4n) is 2.31. The summed E-state index contributed by atoms with van der Waals surface area (Å²) in [6, 6.07) is 17.7. The molecule has 0 fully saturated rings. The summed E-state index contributed by atoms with van der Waals surface area (Å²) >= 11 is 0. The summed E-state index contributed by atoms with van der Waals surface area (Å²) in [5.41, 5.74) is 2.04. The molecule has 0 spiro atoms. The maximum Gasteiger partial charge on any atom is 0.238 e. The molecule has 0 aliphatic carbocycles. The van der Waals surface area contributed by atoms with Crippen LogP contribution in [0, 0.1) is 0 Å². The van der Waals surface area contributed by atoms with Gasteiger partial charge in [-0.3, -0.25) is 4.79 Å². The number of anilines is 1. The maximum atomic E-state index is 11.9. The van der Waals surface area contributed by atoms with E-state index in [2.05, 4.69) is 29.7 Å². The fraction of sp³-hybridized carbons (Fsp3) is 0.316. The Balaban J connectivity index is 1.72. The molecule has 0 aliphatic heterocycles. The zero-order chi connectivity index (χ0) is 16.5. The third kappa shape index (κ3) is 5.75. The van der Waals surface area contributed by atoms with Crippen molar-refractivity contribution in [2.75, 3.05) is 25.0 Å². The maximum absolute atomic E-state index is 11.9. The van der Waals surface area contributed by atoms with Gasteiger partial charge in [-0.25, -0.2) is 0 Å². The molecule has 0 aromatic heterocycles. The Bertz CT molecular complexity index is 597. The monoisotopic (exact) mass is 312 g/mol. The Labute approximate surface area is 137 Å². The van der Waals surface area contributed by atoms with Crippen LogP contribution >= 0.6 is 0 Å². The minimum atomic E-state index is -0.0468. The number of rotatable bonds is 8. The molecule has 0 aliphatic rings. The summed E-state index contributed by atoms with van der Waals surface area (Å²) in [6.45, 7) is 5.78. The lowest BCUT2D eigenvalue weighted by Crippen LogP contribution is -2.30. The van der Waals surface area contributed by atoms with Crippen LogP contribution in [-0.2, 0) is 4.79 Å². The molecule has 2 aromatic rings. The van der Waals surface area contributed by atoms with E-state index in [0.717, 1.165) is 18.0 Å². The predicted molar refractivity (Wildman–Crippen MR) is 94.0 cm³/mol. The van der Waals surface area contributed by atoms with E-state index < -0.39 is 0 Å². The molecule has 0 saturated heterocycles. The summed E-state index contributed by atoms with van der Waals surface area (Å²) in [5, 5.41) is 6.07. The van der Waals surface area contributed by atoms with Crippen molar-refractivity contribution in [1.82, 2.24) is 5.32 Å². The molecule has 4 heteroatoms. The van der Waals surface area contributed by atoms with E-state index in [0.29, 0.717) is 19.1 Å². The average Bonchev–Trinajstić information content (AvgIpc) is 2.57. The Morgan fingerprint density at radius 3 is 2.43 bits per heavy atom. The summed E-state index contributed by atoms with van der Waals surface area (Å²) in [7, 11) is 0. The van der Waals surface area contributed by atoms with Crippen LogP contribution in [0.1, 0.15) is 25.3 Å². The summed E-state index contributed by atoms with van der Waals surface area (Å²) in [5.74, 6) is 1.13. The molecule has 0 radical (unpaired) electrons. The van der Waals surface area contributed by atoms with E-state index in [1.807, 2.05) is 49.4 Å². The molecular weight excluding hydrogens is 288 g/mol. The van der Waals surface area contributed by atoms with Gasteiger partial charge in [-0.05, 0) is 42.7 Å². The van der Waals surface area contributed by atoms with Gasteiger partial charge in [0.05, 0.1) is 13.2 Å². The van der Waals surface area contributed by atoms with Crippen molar-refractivity contribution in [3.8, 4) is 5.75 Å². The molecule has 2 aromatic carbocycles. The molecule has 2 rings (SSSR count). The van der Waals surface area contributed by atoms with Gasteiger partial charge in [0.25, 0.3) is 0 Å². The van der Waals surface area contributed by atoms with Crippen LogP contribution in [0.4, 0.5) is 5.69 Å². The summed E-state index contributed by atoms with van der Waals surface area (Å²) < 4.78 is 5.37. The number of hydrogen-bond acceptors (Lipinski definition) is 3. The Morgan fingerprint density at radius 2 is 1.78 bits per heavy atom. The quantitative estimate of drug-likeness (QED) is 0.785. The van der Waals surface area contributed by atoms with Crippen molar-refractivity contribution in [3.63, 3.8) is 0 Å². The Morgan fingerprint density at radius 1 is 1.09 bits per heavy atom. The first-order valence-corrected chi connectivity index (χ1v) is 7.97. The molecule has 1 amide bonds. The number of benzene rings is 2. The first-order chi connectivity index (χ1) is 11.2. The third-order valence-electron chi connectivity index (χ3n) is 3.55. The molecule has 23 heavy (non-hydrogen) atoms. The van der Waals surface area contributed by atoms with Gasteiger partial charge >= 0.3 is 0 Å². The number of nitrogens with one attached hydrogen (secondary N) is 2. The highest BCUT2D eigenvalue weighted by Crippen LogP contribution is 2.15. The van der Waals surface area contributed by atoms with Gasteiger partial charge in [0.1, 0.15) is 5.75 Å². The minimum Gasteiger partial charge on any atom is -0.494 e. The van der Waals surface area contributed by atoms with Crippen LogP contribution in [-0.4, -0.2) is 25.6 Å². The second-order valence-corrected chi connectivity index (χ2v) is 5.45. The van der Waals surface area contributed by atoms with Crippen LogP contribution in [0.5, 0.6) is 5.75 Å². The van der Waals surface area contributed by atoms with Gasteiger partial charge in [-0.2, -0.15) is 0 Å². The molecular formula is C19H24N2O2. The van der Waals surface area contributed by atoms with Gasteiger partial charge < -0.3 is 15.4 Å². The van der Waals surface area contributed by atoms with Gasteiger partial charge in [0.2, 0.25) is 5.91 Å². The second kappa shape index (κ2) is 8.96. The molecule has 0 bridgehead atoms. The SMILES string of the molecule is CCOc1ccc(NC(=O)CNCC(C)c2ccccc2)cc1. The number of ether oxygens (including phenoxy) is 1. The first kappa shape index (κ1) is 17.0. The summed E-state index contributed by atoms with van der Waals surface area (Å²) in [6.07, 6.45) is 0. The van der Waals surface area contributed by atoms with Gasteiger partial charge in [0, 0.05) is 12.2 Å². The van der Waals surface area contributed by atoms with Gasteiger partial charge in [0.15, 0.2) is 0 Å². The van der Waals surface area contributed by atoms with Crippen LogP contribution in [0.15, 0.2) is 54.6 Å². The molecule has 1 atom stereocenters. The van der Waals surface area contributed by atoms with Crippen molar-refractivity contribution in [2.24, 2.45) is 0 Å². The van der Waals surface area contributed by atoms with Gasteiger partial charge in [-0.1, -0.05) is 37.3 Å². The topological polar surface area (TPSA) is 50.4 Å². The molecule has 0 heterocycles. The van der Waals surface area contributed by atoms with Crippen LogP contribution in [0.2, 0.25) is 0 Å². The molecule has 2 N–H and O–H groups in total. The van der Waals surface area contributed by atoms with Crippen LogP contribution in [0.3, 0.4) is 0 Å². The molecule has 0 saturated carbocycles. The molecule has 122 valence electrons. The lowest BCUT2D eigenvalue weighted by molar-refractivity contribution is -0.115. The largest absolute Gasteiger partial charge is 0.494 e. The van der Waals surface area contributed by atoms with E-state index >= 15 is 0 Å². The fourth-order valence-corrected chi connectivity index (χ4v) is 2.31. The average molecular weight is 312 g/mol. The predicted octanol–water partition coefficient (Wildman–Crippen LogP) is 3.42. The van der Waals surface area contributed by atoms with Crippen molar-refractivity contribution in [1.29, 1.82) is 0 Å². The Hall–Kier alpha value is -2.33. The number of carbonyl (C=O) groups is 1.